The maximum Gasteiger partial charge on any atom is 0.261 e. The van der Waals surface area contributed by atoms with Gasteiger partial charge in [0.05, 0.1) is 31.6 Å². The first-order valence-corrected chi connectivity index (χ1v) is 11.5. The van der Waals surface area contributed by atoms with Gasteiger partial charge < -0.3 is 0 Å². The molecule has 0 saturated carbocycles. The second kappa shape index (κ2) is 7.74. The molecule has 0 radical (unpaired) electrons. The summed E-state index contributed by atoms with van der Waals surface area (Å²) in [6, 6.07) is 3.64. The molecule has 0 spiro atoms. The van der Waals surface area contributed by atoms with E-state index in [1.165, 1.54) is 0 Å². The second-order valence-electron chi connectivity index (χ2n) is 8.41. The fourth-order valence-corrected chi connectivity index (χ4v) is 4.85. The van der Waals surface area contributed by atoms with Gasteiger partial charge in [0.15, 0.2) is 5.82 Å². The Kier molecular flexibility index (Phi) is 5.82. The molecule has 1 aromatic carbocycles. The van der Waals surface area contributed by atoms with E-state index in [2.05, 4.69) is 9.71 Å². The van der Waals surface area contributed by atoms with E-state index in [1.807, 2.05) is 60.6 Å². The summed E-state index contributed by atoms with van der Waals surface area (Å²) < 4.78 is 17.0. The number of hydrogen-bond donors (Lipinski definition) is 1. The van der Waals surface area contributed by atoms with Crippen LogP contribution in [0.3, 0.4) is 0 Å². The van der Waals surface area contributed by atoms with Crippen molar-refractivity contribution in [2.45, 2.75) is 59.3 Å². The average Bonchev–Trinajstić information content (AvgIpc) is 2.95. The van der Waals surface area contributed by atoms with E-state index in [4.69, 9.17) is 4.98 Å². The molecule has 6 nitrogen and oxygen atoms in total. The molecule has 2 heterocycles. The number of hydrogen-bond acceptors (Lipinski definition) is 5. The van der Waals surface area contributed by atoms with Crippen LogP contribution >= 0.6 is 11.3 Å². The minimum atomic E-state index is -1.24. The Bertz CT molecular complexity index is 1170. The number of nitrogens with zero attached hydrogens (tertiary/aromatic N) is 3. The van der Waals surface area contributed by atoms with Gasteiger partial charge in [-0.15, -0.1) is 11.3 Å². The smallest absolute Gasteiger partial charge is 0.261 e. The number of nitrogens with one attached hydrogen (secondary N) is 1. The highest BCUT2D eigenvalue weighted by atomic mass is 32.2. The van der Waals surface area contributed by atoms with Crippen molar-refractivity contribution in [3.63, 3.8) is 0 Å². The van der Waals surface area contributed by atoms with E-state index >= 15 is 0 Å². The predicted octanol–water partition coefficient (Wildman–Crippen LogP) is 4.10. The Morgan fingerprint density at radius 2 is 1.83 bits per heavy atom. The van der Waals surface area contributed by atoms with Gasteiger partial charge in [0.25, 0.3) is 5.56 Å². The molecule has 0 saturated heterocycles. The molecule has 0 aliphatic rings. The van der Waals surface area contributed by atoms with Crippen molar-refractivity contribution in [2.24, 2.45) is 7.05 Å². The summed E-state index contributed by atoms with van der Waals surface area (Å²) in [4.78, 5) is 23.7. The number of rotatable bonds is 4. The van der Waals surface area contributed by atoms with Gasteiger partial charge in [-0.1, -0.05) is 6.07 Å². The zero-order valence-corrected chi connectivity index (χ0v) is 19.8. The Morgan fingerprint density at radius 1 is 1.17 bits per heavy atom. The molecule has 0 fully saturated rings. The summed E-state index contributed by atoms with van der Waals surface area (Å²) in [5.41, 5.74) is 3.09. The fraction of sp³-hybridized carbons (Fsp3) is 0.476. The molecule has 2 aromatic heterocycles. The van der Waals surface area contributed by atoms with Gasteiger partial charge in [-0.25, -0.2) is 18.9 Å². The molecule has 3 aromatic rings. The maximum atomic E-state index is 13.2. The molecular formula is C21H28N4O2S2. The lowest BCUT2D eigenvalue weighted by Gasteiger charge is -2.23. The van der Waals surface area contributed by atoms with E-state index < -0.39 is 15.7 Å². The van der Waals surface area contributed by atoms with Crippen molar-refractivity contribution in [2.75, 3.05) is 0 Å². The van der Waals surface area contributed by atoms with Crippen LogP contribution in [0.4, 0.5) is 0 Å². The first-order valence-electron chi connectivity index (χ1n) is 9.54. The average molecular weight is 433 g/mol. The van der Waals surface area contributed by atoms with Crippen LogP contribution in [0.15, 0.2) is 16.9 Å². The van der Waals surface area contributed by atoms with E-state index in [9.17, 15) is 9.00 Å². The number of aromatic nitrogens is 3. The largest absolute Gasteiger partial charge is 0.294 e. The normalized spacial score (nSPS) is 14.3. The zero-order chi connectivity index (χ0) is 21.7. The molecule has 1 unspecified atom stereocenters. The summed E-state index contributed by atoms with van der Waals surface area (Å²) in [5, 5.41) is 1.50. The molecule has 156 valence electrons. The van der Waals surface area contributed by atoms with Crippen LogP contribution in [-0.2, 0) is 18.0 Å². The molecule has 8 heteroatoms. The summed E-state index contributed by atoms with van der Waals surface area (Å²) in [5.74, 6) is 0.554. The first kappa shape index (κ1) is 21.8. The van der Waals surface area contributed by atoms with Crippen LogP contribution in [0.1, 0.15) is 54.7 Å². The van der Waals surface area contributed by atoms with Gasteiger partial charge in [-0.2, -0.15) is 0 Å². The SMILES string of the molecule is Cc1cc([C@@H](C)NS(=O)C(C)(C)C)c2nc(-c3nc(C)sc3C)n(C)c(=O)c2c1. The van der Waals surface area contributed by atoms with E-state index in [-0.39, 0.29) is 11.6 Å². The van der Waals surface area contributed by atoms with E-state index in [1.54, 1.807) is 23.0 Å². The maximum absolute atomic E-state index is 13.2. The molecule has 3 rings (SSSR count). The topological polar surface area (TPSA) is 76.9 Å². The molecule has 0 aliphatic carbocycles. The highest BCUT2D eigenvalue weighted by Crippen LogP contribution is 2.29. The third-order valence-electron chi connectivity index (χ3n) is 4.78. The van der Waals surface area contributed by atoms with Crippen molar-refractivity contribution in [1.29, 1.82) is 0 Å². The standard InChI is InChI=1S/C21H28N4O2S2/c1-11-9-15(12(2)24-29(27)21(5,6)7)18-16(10-11)20(26)25(8)19(23-18)17-13(3)28-14(4)22-17/h9-10,12,24H,1-8H3/t12-,29?/m1/s1. The lowest BCUT2D eigenvalue weighted by molar-refractivity contribution is 0.617. The van der Waals surface area contributed by atoms with Crippen LogP contribution < -0.4 is 10.3 Å². The number of fused-ring (bicyclic) bond motifs is 1. The van der Waals surface area contributed by atoms with Gasteiger partial charge >= 0.3 is 0 Å². The van der Waals surface area contributed by atoms with Gasteiger partial charge in [-0.05, 0) is 65.7 Å². The minimum absolute atomic E-state index is 0.107. The van der Waals surface area contributed by atoms with Gasteiger partial charge in [0, 0.05) is 18.0 Å². The molecule has 2 atom stereocenters. The Labute approximate surface area is 178 Å². The van der Waals surface area contributed by atoms with Crippen LogP contribution in [-0.4, -0.2) is 23.5 Å². The van der Waals surface area contributed by atoms with Gasteiger partial charge in [0.2, 0.25) is 0 Å². The Balaban J connectivity index is 2.25. The van der Waals surface area contributed by atoms with Gasteiger partial charge in [0.1, 0.15) is 5.69 Å². The zero-order valence-electron chi connectivity index (χ0n) is 18.2. The summed E-state index contributed by atoms with van der Waals surface area (Å²) >= 11 is 1.59. The van der Waals surface area contributed by atoms with Crippen LogP contribution in [0.25, 0.3) is 22.4 Å². The minimum Gasteiger partial charge on any atom is -0.294 e. The van der Waals surface area contributed by atoms with Gasteiger partial charge in [-0.3, -0.25) is 9.36 Å². The van der Waals surface area contributed by atoms with E-state index in [0.717, 1.165) is 26.7 Å². The summed E-state index contributed by atoms with van der Waals surface area (Å²) in [7, 11) is 0.492. The van der Waals surface area contributed by atoms with Crippen molar-refractivity contribution in [1.82, 2.24) is 19.3 Å². The van der Waals surface area contributed by atoms with Crippen LogP contribution in [0, 0.1) is 20.8 Å². The molecule has 0 aliphatic heterocycles. The monoisotopic (exact) mass is 432 g/mol. The third kappa shape index (κ3) is 4.20. The highest BCUT2D eigenvalue weighted by Gasteiger charge is 2.24. The van der Waals surface area contributed by atoms with Crippen LogP contribution in [0.5, 0.6) is 0 Å². The number of thiazole rings is 1. The molecule has 29 heavy (non-hydrogen) atoms. The summed E-state index contributed by atoms with van der Waals surface area (Å²) in [6.45, 7) is 13.6. The lowest BCUT2D eigenvalue weighted by atomic mass is 10.0. The lowest BCUT2D eigenvalue weighted by Crippen LogP contribution is -2.35. The quantitative estimate of drug-likeness (QED) is 0.673. The first-order chi connectivity index (χ1) is 13.4. The van der Waals surface area contributed by atoms with E-state index in [0.29, 0.717) is 16.7 Å². The fourth-order valence-electron chi connectivity index (χ4n) is 3.23. The molecular weight excluding hydrogens is 404 g/mol. The van der Waals surface area contributed by atoms with Crippen molar-refractivity contribution in [3.8, 4) is 11.5 Å². The third-order valence-corrected chi connectivity index (χ3v) is 7.34. The second-order valence-corrected chi connectivity index (χ2v) is 11.8. The van der Waals surface area contributed by atoms with Crippen molar-refractivity contribution < 1.29 is 4.21 Å². The summed E-state index contributed by atoms with van der Waals surface area (Å²) in [6.07, 6.45) is 0. The Morgan fingerprint density at radius 3 is 2.38 bits per heavy atom. The van der Waals surface area contributed by atoms with Crippen molar-refractivity contribution in [3.05, 3.63) is 43.5 Å². The highest BCUT2D eigenvalue weighted by molar-refractivity contribution is 7.84. The Hall–Kier alpha value is -1.90. The van der Waals surface area contributed by atoms with Crippen molar-refractivity contribution >= 4 is 33.2 Å². The number of aryl methyl sites for hydroxylation is 3. The predicted molar refractivity (Wildman–Crippen MR) is 122 cm³/mol. The number of benzene rings is 1. The molecule has 0 amide bonds. The van der Waals surface area contributed by atoms with Crippen LogP contribution in [0.2, 0.25) is 0 Å². The molecule has 0 bridgehead atoms. The molecule has 1 N–H and O–H groups in total.